The minimum atomic E-state index is -1.15. The predicted molar refractivity (Wildman–Crippen MR) is 69.5 cm³/mol. The Morgan fingerprint density at radius 3 is 2.25 bits per heavy atom. The lowest BCUT2D eigenvalue weighted by molar-refractivity contribution is 0.338. The normalized spacial score (nSPS) is 10.4. The van der Waals surface area contributed by atoms with Crippen LogP contribution in [0.5, 0.6) is 11.5 Å². The summed E-state index contributed by atoms with van der Waals surface area (Å²) in [5.41, 5.74) is -0.198. The van der Waals surface area contributed by atoms with E-state index in [0.717, 1.165) is 6.07 Å². The number of methoxy groups -OCH3 is 1. The van der Waals surface area contributed by atoms with Crippen LogP contribution in [0, 0.1) is 17.5 Å². The van der Waals surface area contributed by atoms with Crippen molar-refractivity contribution >= 4 is 0 Å². The Morgan fingerprint density at radius 2 is 1.65 bits per heavy atom. The minimum absolute atomic E-state index is 0.0347. The molecule has 0 bridgehead atoms. The summed E-state index contributed by atoms with van der Waals surface area (Å²) in [4.78, 5) is 0. The maximum Gasteiger partial charge on any atom is 0.201 e. The monoisotopic (exact) mass is 282 g/mol. The highest BCUT2D eigenvalue weighted by molar-refractivity contribution is 5.66. The van der Waals surface area contributed by atoms with Gasteiger partial charge in [0.15, 0.2) is 11.6 Å². The van der Waals surface area contributed by atoms with Gasteiger partial charge in [-0.1, -0.05) is 0 Å². The SMILES string of the molecule is CCOc1ccc(-c2ccc(OC)c(F)c2F)c(F)c1. The lowest BCUT2D eigenvalue weighted by Gasteiger charge is -2.10. The van der Waals surface area contributed by atoms with Crippen LogP contribution in [0.4, 0.5) is 13.2 Å². The van der Waals surface area contributed by atoms with Crippen LogP contribution in [-0.2, 0) is 0 Å². The Hall–Kier alpha value is -2.17. The Balaban J connectivity index is 2.49. The summed E-state index contributed by atoms with van der Waals surface area (Å²) in [6.07, 6.45) is 0. The first-order valence-corrected chi connectivity index (χ1v) is 6.03. The standard InChI is InChI=1S/C15H13F3O2/c1-3-20-9-4-5-10(12(16)8-9)11-6-7-13(19-2)15(18)14(11)17/h4-8H,3H2,1-2H3. The zero-order chi connectivity index (χ0) is 14.7. The van der Waals surface area contributed by atoms with Crippen LogP contribution < -0.4 is 9.47 Å². The van der Waals surface area contributed by atoms with Crippen molar-refractivity contribution < 1.29 is 22.6 Å². The molecule has 0 spiro atoms. The van der Waals surface area contributed by atoms with Crippen LogP contribution >= 0.6 is 0 Å². The molecule has 0 unspecified atom stereocenters. The van der Waals surface area contributed by atoms with Crippen molar-refractivity contribution in [3.63, 3.8) is 0 Å². The summed E-state index contributed by atoms with van der Waals surface area (Å²) in [5.74, 6) is -2.86. The van der Waals surface area contributed by atoms with Crippen molar-refractivity contribution in [3.05, 3.63) is 47.8 Å². The Morgan fingerprint density at radius 1 is 0.950 bits per heavy atom. The zero-order valence-electron chi connectivity index (χ0n) is 11.0. The molecule has 2 rings (SSSR count). The van der Waals surface area contributed by atoms with Gasteiger partial charge in [-0.05, 0) is 31.2 Å². The maximum atomic E-state index is 14.0. The molecule has 106 valence electrons. The second-order valence-electron chi connectivity index (χ2n) is 4.02. The van der Waals surface area contributed by atoms with E-state index in [2.05, 4.69) is 4.74 Å². The van der Waals surface area contributed by atoms with Crippen molar-refractivity contribution in [2.75, 3.05) is 13.7 Å². The molecule has 5 heteroatoms. The Kier molecular flexibility index (Phi) is 4.17. The number of ether oxygens (including phenoxy) is 2. The van der Waals surface area contributed by atoms with E-state index in [9.17, 15) is 13.2 Å². The largest absolute Gasteiger partial charge is 0.494 e. The van der Waals surface area contributed by atoms with E-state index < -0.39 is 17.5 Å². The molecule has 0 radical (unpaired) electrons. The average molecular weight is 282 g/mol. The van der Waals surface area contributed by atoms with E-state index in [1.165, 1.54) is 31.4 Å². The van der Waals surface area contributed by atoms with Crippen LogP contribution in [0.3, 0.4) is 0 Å². The van der Waals surface area contributed by atoms with Gasteiger partial charge in [-0.25, -0.2) is 8.78 Å². The van der Waals surface area contributed by atoms with Gasteiger partial charge >= 0.3 is 0 Å². The van der Waals surface area contributed by atoms with Gasteiger partial charge in [-0.2, -0.15) is 4.39 Å². The van der Waals surface area contributed by atoms with Gasteiger partial charge in [-0.15, -0.1) is 0 Å². The van der Waals surface area contributed by atoms with Gasteiger partial charge in [-0.3, -0.25) is 0 Å². The Labute approximate surface area is 114 Å². The molecular weight excluding hydrogens is 269 g/mol. The smallest absolute Gasteiger partial charge is 0.201 e. The fourth-order valence-electron chi connectivity index (χ4n) is 1.87. The highest BCUT2D eigenvalue weighted by Gasteiger charge is 2.17. The van der Waals surface area contributed by atoms with Crippen molar-refractivity contribution in [3.8, 4) is 22.6 Å². The minimum Gasteiger partial charge on any atom is -0.494 e. The van der Waals surface area contributed by atoms with Gasteiger partial charge in [0.2, 0.25) is 5.82 Å². The lowest BCUT2D eigenvalue weighted by atomic mass is 10.0. The first-order chi connectivity index (χ1) is 9.58. The summed E-state index contributed by atoms with van der Waals surface area (Å²) in [5, 5.41) is 0. The maximum absolute atomic E-state index is 14.0. The molecule has 0 aliphatic rings. The van der Waals surface area contributed by atoms with E-state index in [1.807, 2.05) is 0 Å². The third-order valence-electron chi connectivity index (χ3n) is 2.81. The third-order valence-corrected chi connectivity index (χ3v) is 2.81. The first kappa shape index (κ1) is 14.2. The van der Waals surface area contributed by atoms with E-state index >= 15 is 0 Å². The van der Waals surface area contributed by atoms with Gasteiger partial charge in [0.1, 0.15) is 11.6 Å². The lowest BCUT2D eigenvalue weighted by Crippen LogP contribution is -1.97. The number of rotatable bonds is 4. The molecule has 20 heavy (non-hydrogen) atoms. The number of hydrogen-bond donors (Lipinski definition) is 0. The molecular formula is C15H13F3O2. The molecule has 0 fully saturated rings. The predicted octanol–water partition coefficient (Wildman–Crippen LogP) is 4.18. The highest BCUT2D eigenvalue weighted by Crippen LogP contribution is 2.32. The van der Waals surface area contributed by atoms with Crippen LogP contribution in [0.25, 0.3) is 11.1 Å². The van der Waals surface area contributed by atoms with Gasteiger partial charge in [0, 0.05) is 17.2 Å². The molecule has 2 nitrogen and oxygen atoms in total. The summed E-state index contributed by atoms with van der Waals surface area (Å²) in [7, 11) is 1.23. The second kappa shape index (κ2) is 5.86. The summed E-state index contributed by atoms with van der Waals surface area (Å²) in [6, 6.07) is 6.52. The topological polar surface area (TPSA) is 18.5 Å². The molecule has 0 saturated heterocycles. The van der Waals surface area contributed by atoms with Crippen LogP contribution in [0.2, 0.25) is 0 Å². The van der Waals surface area contributed by atoms with E-state index in [1.54, 1.807) is 6.92 Å². The zero-order valence-corrected chi connectivity index (χ0v) is 11.0. The van der Waals surface area contributed by atoms with E-state index in [-0.39, 0.29) is 16.9 Å². The summed E-state index contributed by atoms with van der Waals surface area (Å²) in [6.45, 7) is 2.16. The first-order valence-electron chi connectivity index (χ1n) is 6.03. The van der Waals surface area contributed by atoms with Crippen molar-refractivity contribution in [1.29, 1.82) is 0 Å². The molecule has 0 aliphatic carbocycles. The van der Waals surface area contributed by atoms with Gasteiger partial charge < -0.3 is 9.47 Å². The molecule has 0 heterocycles. The van der Waals surface area contributed by atoms with Crippen molar-refractivity contribution in [2.24, 2.45) is 0 Å². The van der Waals surface area contributed by atoms with Crippen molar-refractivity contribution in [1.82, 2.24) is 0 Å². The quantitative estimate of drug-likeness (QED) is 0.837. The number of halogens is 3. The molecule has 0 saturated carbocycles. The molecule has 0 aliphatic heterocycles. The second-order valence-corrected chi connectivity index (χ2v) is 4.02. The fourth-order valence-corrected chi connectivity index (χ4v) is 1.87. The number of benzene rings is 2. The molecule has 0 amide bonds. The Bertz CT molecular complexity index is 627. The van der Waals surface area contributed by atoms with Gasteiger partial charge in [0.25, 0.3) is 0 Å². The van der Waals surface area contributed by atoms with Crippen molar-refractivity contribution in [2.45, 2.75) is 6.92 Å². The van der Waals surface area contributed by atoms with Gasteiger partial charge in [0.05, 0.1) is 13.7 Å². The fraction of sp³-hybridized carbons (Fsp3) is 0.200. The summed E-state index contributed by atoms with van der Waals surface area (Å²) < 4.78 is 51.3. The molecule has 0 atom stereocenters. The van der Waals surface area contributed by atoms with E-state index in [0.29, 0.717) is 12.4 Å². The number of hydrogen-bond acceptors (Lipinski definition) is 2. The summed E-state index contributed by atoms with van der Waals surface area (Å²) >= 11 is 0. The molecule has 0 N–H and O–H groups in total. The molecule has 2 aromatic rings. The van der Waals surface area contributed by atoms with Crippen LogP contribution in [0.1, 0.15) is 6.92 Å². The molecule has 2 aromatic carbocycles. The van der Waals surface area contributed by atoms with Crippen LogP contribution in [0.15, 0.2) is 30.3 Å². The molecule has 0 aromatic heterocycles. The van der Waals surface area contributed by atoms with E-state index in [4.69, 9.17) is 4.74 Å². The van der Waals surface area contributed by atoms with Crippen LogP contribution in [-0.4, -0.2) is 13.7 Å². The highest BCUT2D eigenvalue weighted by atomic mass is 19.2. The average Bonchev–Trinajstić information content (AvgIpc) is 2.43. The third kappa shape index (κ3) is 2.57.